The van der Waals surface area contributed by atoms with Gasteiger partial charge in [0.2, 0.25) is 0 Å². The van der Waals surface area contributed by atoms with Gasteiger partial charge in [0, 0.05) is 33.8 Å². The fraction of sp³-hybridized carbons (Fsp3) is 0.150. The predicted molar refractivity (Wildman–Crippen MR) is 113 cm³/mol. The summed E-state index contributed by atoms with van der Waals surface area (Å²) in [7, 11) is 0. The number of hydrogen-bond donors (Lipinski definition) is 0. The first-order chi connectivity index (χ1) is 13.2. The lowest BCUT2D eigenvalue weighted by Gasteiger charge is -2.07. The summed E-state index contributed by atoms with van der Waals surface area (Å²) in [4.78, 5) is 4.75. The Labute approximate surface area is 171 Å². The molecule has 2 aromatic heterocycles. The van der Waals surface area contributed by atoms with Crippen LogP contribution in [0, 0.1) is 0 Å². The fourth-order valence-electron chi connectivity index (χ4n) is 2.75. The number of hydrogen-bond acceptors (Lipinski definition) is 5. The summed E-state index contributed by atoms with van der Waals surface area (Å²) < 4.78 is 2.11. The molecule has 0 aliphatic carbocycles. The molecule has 0 N–H and O–H groups in total. The van der Waals surface area contributed by atoms with E-state index in [1.807, 2.05) is 42.5 Å². The highest BCUT2D eigenvalue weighted by Gasteiger charge is 2.14. The van der Waals surface area contributed by atoms with Gasteiger partial charge in [-0.25, -0.2) is 4.98 Å². The van der Waals surface area contributed by atoms with E-state index in [2.05, 4.69) is 39.2 Å². The average Bonchev–Trinajstić information content (AvgIpc) is 3.34. The lowest BCUT2D eigenvalue weighted by Crippen LogP contribution is -2.00. The summed E-state index contributed by atoms with van der Waals surface area (Å²) >= 11 is 9.44. The molecule has 0 saturated heterocycles. The van der Waals surface area contributed by atoms with Gasteiger partial charge >= 0.3 is 0 Å². The molecule has 0 atom stereocenters. The summed E-state index contributed by atoms with van der Waals surface area (Å²) in [5, 5.41) is 13.5. The first kappa shape index (κ1) is 18.2. The van der Waals surface area contributed by atoms with E-state index in [0.717, 1.165) is 45.1 Å². The summed E-state index contributed by atoms with van der Waals surface area (Å²) in [6.07, 6.45) is 0. The van der Waals surface area contributed by atoms with Gasteiger partial charge in [0.1, 0.15) is 5.01 Å². The maximum absolute atomic E-state index is 6.12. The molecule has 0 aliphatic heterocycles. The lowest BCUT2D eigenvalue weighted by molar-refractivity contribution is 0.687. The first-order valence-corrected chi connectivity index (χ1v) is 10.8. The van der Waals surface area contributed by atoms with E-state index in [9.17, 15) is 0 Å². The van der Waals surface area contributed by atoms with Crippen LogP contribution in [0.3, 0.4) is 0 Å². The van der Waals surface area contributed by atoms with E-state index in [1.54, 1.807) is 23.1 Å². The van der Waals surface area contributed by atoms with Crippen LogP contribution in [-0.4, -0.2) is 19.7 Å². The van der Waals surface area contributed by atoms with Crippen molar-refractivity contribution < 1.29 is 0 Å². The zero-order valence-corrected chi connectivity index (χ0v) is 17.1. The molecule has 4 nitrogen and oxygen atoms in total. The maximum atomic E-state index is 6.12. The van der Waals surface area contributed by atoms with E-state index < -0.39 is 0 Å². The Kier molecular flexibility index (Phi) is 5.57. The highest BCUT2D eigenvalue weighted by molar-refractivity contribution is 7.98. The normalized spacial score (nSPS) is 11.0. The fourth-order valence-corrected chi connectivity index (χ4v) is 4.76. The zero-order chi connectivity index (χ0) is 18.6. The molecule has 0 fully saturated rings. The second-order valence-corrected chi connectivity index (χ2v) is 8.10. The van der Waals surface area contributed by atoms with E-state index >= 15 is 0 Å². The Morgan fingerprint density at radius 3 is 2.63 bits per heavy atom. The summed E-state index contributed by atoms with van der Waals surface area (Å²) in [6.45, 7) is 2.89. The van der Waals surface area contributed by atoms with Crippen molar-refractivity contribution in [2.45, 2.75) is 24.4 Å². The van der Waals surface area contributed by atoms with Gasteiger partial charge in [-0.15, -0.1) is 21.5 Å². The van der Waals surface area contributed by atoms with Crippen molar-refractivity contribution in [3.05, 3.63) is 70.7 Å². The highest BCUT2D eigenvalue weighted by atomic mass is 35.5. The number of thioether (sulfide) groups is 1. The van der Waals surface area contributed by atoms with E-state index in [1.165, 1.54) is 0 Å². The topological polar surface area (TPSA) is 43.6 Å². The first-order valence-electron chi connectivity index (χ1n) is 8.56. The molecular formula is C20H17ClN4S2. The SMILES string of the molecule is CCn1c(SCc2csc(-c3ccccc3)n2)nnc1-c1cccc(Cl)c1. The van der Waals surface area contributed by atoms with Gasteiger partial charge in [0.15, 0.2) is 11.0 Å². The standard InChI is InChI=1S/C20H17ClN4S2/c1-2-25-18(15-9-6-10-16(21)11-15)23-24-20(25)27-13-17-12-26-19(22-17)14-7-4-3-5-8-14/h3-12H,2,13H2,1H3. The smallest absolute Gasteiger partial charge is 0.191 e. The van der Waals surface area contributed by atoms with Crippen molar-refractivity contribution in [3.8, 4) is 22.0 Å². The molecular weight excluding hydrogens is 396 g/mol. The predicted octanol–water partition coefficient (Wildman–Crippen LogP) is 6.03. The molecule has 7 heteroatoms. The van der Waals surface area contributed by atoms with Crippen molar-refractivity contribution in [1.29, 1.82) is 0 Å². The number of rotatable bonds is 6. The Balaban J connectivity index is 1.52. The molecule has 0 unspecified atom stereocenters. The molecule has 2 heterocycles. The van der Waals surface area contributed by atoms with Crippen LogP contribution in [-0.2, 0) is 12.3 Å². The third-order valence-corrected chi connectivity index (χ3v) is 6.21. The van der Waals surface area contributed by atoms with Crippen LogP contribution >= 0.6 is 34.7 Å². The van der Waals surface area contributed by atoms with Crippen molar-refractivity contribution in [3.63, 3.8) is 0 Å². The Morgan fingerprint density at radius 1 is 1.04 bits per heavy atom. The Bertz CT molecular complexity index is 1040. The Morgan fingerprint density at radius 2 is 1.85 bits per heavy atom. The monoisotopic (exact) mass is 412 g/mol. The number of aromatic nitrogens is 4. The second-order valence-electron chi connectivity index (χ2n) is 5.86. The van der Waals surface area contributed by atoms with Gasteiger partial charge in [0.05, 0.1) is 5.69 Å². The third-order valence-electron chi connectivity index (χ3n) is 4.04. The maximum Gasteiger partial charge on any atom is 0.191 e. The molecule has 4 rings (SSSR count). The zero-order valence-electron chi connectivity index (χ0n) is 14.7. The number of benzene rings is 2. The molecule has 0 saturated carbocycles. The molecule has 4 aromatic rings. The quantitative estimate of drug-likeness (QED) is 0.362. The van der Waals surface area contributed by atoms with E-state index in [4.69, 9.17) is 16.6 Å². The minimum atomic E-state index is 0.697. The molecule has 0 amide bonds. The molecule has 136 valence electrons. The molecule has 0 aliphatic rings. The number of nitrogens with zero attached hydrogens (tertiary/aromatic N) is 4. The average molecular weight is 413 g/mol. The van der Waals surface area contributed by atoms with E-state index in [-0.39, 0.29) is 0 Å². The summed E-state index contributed by atoms with van der Waals surface area (Å²) in [5.74, 6) is 1.60. The van der Waals surface area contributed by atoms with Crippen molar-refractivity contribution in [2.75, 3.05) is 0 Å². The van der Waals surface area contributed by atoms with Gasteiger partial charge in [-0.05, 0) is 19.1 Å². The minimum Gasteiger partial charge on any atom is -0.302 e. The summed E-state index contributed by atoms with van der Waals surface area (Å²) in [6, 6.07) is 18.0. The molecule has 2 aromatic carbocycles. The van der Waals surface area contributed by atoms with Crippen LogP contribution in [0.5, 0.6) is 0 Å². The minimum absolute atomic E-state index is 0.697. The van der Waals surface area contributed by atoms with Crippen LogP contribution < -0.4 is 0 Å². The highest BCUT2D eigenvalue weighted by Crippen LogP contribution is 2.29. The lowest BCUT2D eigenvalue weighted by atomic mass is 10.2. The molecule has 0 spiro atoms. The van der Waals surface area contributed by atoms with Crippen LogP contribution in [0.15, 0.2) is 65.1 Å². The van der Waals surface area contributed by atoms with Crippen LogP contribution in [0.1, 0.15) is 12.6 Å². The largest absolute Gasteiger partial charge is 0.302 e. The second kappa shape index (κ2) is 8.25. The van der Waals surface area contributed by atoms with Gasteiger partial charge in [0.25, 0.3) is 0 Å². The van der Waals surface area contributed by atoms with Crippen LogP contribution in [0.25, 0.3) is 22.0 Å². The van der Waals surface area contributed by atoms with E-state index in [0.29, 0.717) is 5.02 Å². The summed E-state index contributed by atoms with van der Waals surface area (Å²) in [5.41, 5.74) is 3.18. The van der Waals surface area contributed by atoms with Gasteiger partial charge in [-0.2, -0.15) is 0 Å². The van der Waals surface area contributed by atoms with Crippen LogP contribution in [0.4, 0.5) is 0 Å². The molecule has 27 heavy (non-hydrogen) atoms. The third kappa shape index (κ3) is 4.08. The number of halogens is 1. The van der Waals surface area contributed by atoms with Gasteiger partial charge < -0.3 is 4.57 Å². The molecule has 0 radical (unpaired) electrons. The Hall–Kier alpha value is -2.15. The molecule has 0 bridgehead atoms. The van der Waals surface area contributed by atoms with Crippen molar-refractivity contribution >= 4 is 34.7 Å². The van der Waals surface area contributed by atoms with Crippen molar-refractivity contribution in [2.24, 2.45) is 0 Å². The number of thiazole rings is 1. The van der Waals surface area contributed by atoms with Gasteiger partial charge in [-0.3, -0.25) is 0 Å². The van der Waals surface area contributed by atoms with Gasteiger partial charge in [-0.1, -0.05) is 65.8 Å². The van der Waals surface area contributed by atoms with Crippen molar-refractivity contribution in [1.82, 2.24) is 19.7 Å². The van der Waals surface area contributed by atoms with Crippen LogP contribution in [0.2, 0.25) is 5.02 Å².